The standard InChI is InChI=1S/C14H14ClN3O3/c1-20-13(19)9-2-3-10-11(8-9)16-14(15)17-12(10)18-4-6-21-7-5-18/h2-3,8H,4-7H2,1H3. The lowest BCUT2D eigenvalue weighted by molar-refractivity contribution is 0.0601. The van der Waals surface area contributed by atoms with Crippen LogP contribution in [-0.4, -0.2) is 49.4 Å². The maximum atomic E-state index is 11.6. The molecule has 0 unspecified atom stereocenters. The summed E-state index contributed by atoms with van der Waals surface area (Å²) in [5, 5.41) is 1.01. The highest BCUT2D eigenvalue weighted by Crippen LogP contribution is 2.27. The summed E-state index contributed by atoms with van der Waals surface area (Å²) in [6, 6.07) is 5.19. The molecule has 3 rings (SSSR count). The second kappa shape index (κ2) is 5.83. The number of fused-ring (bicyclic) bond motifs is 1. The van der Waals surface area contributed by atoms with E-state index < -0.39 is 5.97 Å². The number of carbonyl (C=O) groups excluding carboxylic acids is 1. The second-order valence-corrected chi connectivity index (χ2v) is 4.98. The molecule has 1 aliphatic heterocycles. The first kappa shape index (κ1) is 14.0. The molecule has 1 fully saturated rings. The fraction of sp³-hybridized carbons (Fsp3) is 0.357. The van der Waals surface area contributed by atoms with Gasteiger partial charge in [0.15, 0.2) is 0 Å². The minimum absolute atomic E-state index is 0.158. The molecular weight excluding hydrogens is 294 g/mol. The third kappa shape index (κ3) is 2.77. The SMILES string of the molecule is COC(=O)c1ccc2c(N3CCOCC3)nc(Cl)nc2c1. The van der Waals surface area contributed by atoms with Gasteiger partial charge < -0.3 is 14.4 Å². The van der Waals surface area contributed by atoms with Crippen molar-refractivity contribution in [3.8, 4) is 0 Å². The van der Waals surface area contributed by atoms with E-state index in [1.54, 1.807) is 12.1 Å². The van der Waals surface area contributed by atoms with Crippen LogP contribution in [0.15, 0.2) is 18.2 Å². The molecule has 7 heteroatoms. The Hall–Kier alpha value is -1.92. The van der Waals surface area contributed by atoms with E-state index in [1.165, 1.54) is 7.11 Å². The minimum Gasteiger partial charge on any atom is -0.465 e. The number of nitrogens with zero attached hydrogens (tertiary/aromatic N) is 3. The first-order valence-corrected chi connectivity index (χ1v) is 6.95. The number of anilines is 1. The van der Waals surface area contributed by atoms with Crippen molar-refractivity contribution < 1.29 is 14.3 Å². The summed E-state index contributed by atoms with van der Waals surface area (Å²) in [5.41, 5.74) is 1.06. The summed E-state index contributed by atoms with van der Waals surface area (Å²) in [7, 11) is 1.35. The molecule has 0 aliphatic carbocycles. The molecular formula is C14H14ClN3O3. The van der Waals surface area contributed by atoms with Crippen LogP contribution < -0.4 is 4.90 Å². The molecule has 1 aromatic carbocycles. The van der Waals surface area contributed by atoms with Gasteiger partial charge in [0.05, 0.1) is 31.4 Å². The summed E-state index contributed by atoms with van der Waals surface area (Å²) >= 11 is 6.01. The predicted molar refractivity (Wildman–Crippen MR) is 78.9 cm³/mol. The van der Waals surface area contributed by atoms with Gasteiger partial charge in [-0.15, -0.1) is 0 Å². The zero-order valence-corrected chi connectivity index (χ0v) is 12.3. The second-order valence-electron chi connectivity index (χ2n) is 4.64. The summed E-state index contributed by atoms with van der Waals surface area (Å²) < 4.78 is 10.1. The average Bonchev–Trinajstić information content (AvgIpc) is 2.53. The van der Waals surface area contributed by atoms with Crippen molar-refractivity contribution in [2.75, 3.05) is 38.3 Å². The number of ether oxygens (including phenoxy) is 2. The van der Waals surface area contributed by atoms with Crippen LogP contribution in [0.5, 0.6) is 0 Å². The van der Waals surface area contributed by atoms with E-state index in [0.29, 0.717) is 24.3 Å². The molecule has 0 radical (unpaired) electrons. The van der Waals surface area contributed by atoms with Gasteiger partial charge in [-0.05, 0) is 29.8 Å². The molecule has 21 heavy (non-hydrogen) atoms. The van der Waals surface area contributed by atoms with Crippen LogP contribution in [0.3, 0.4) is 0 Å². The van der Waals surface area contributed by atoms with Crippen molar-refractivity contribution in [2.24, 2.45) is 0 Å². The van der Waals surface area contributed by atoms with Crippen LogP contribution in [0.25, 0.3) is 10.9 Å². The molecule has 6 nitrogen and oxygen atoms in total. The zero-order valence-electron chi connectivity index (χ0n) is 11.5. The van der Waals surface area contributed by atoms with Crippen LogP contribution in [0.4, 0.5) is 5.82 Å². The fourth-order valence-electron chi connectivity index (χ4n) is 2.35. The van der Waals surface area contributed by atoms with Gasteiger partial charge in [0.2, 0.25) is 5.28 Å². The highest BCUT2D eigenvalue weighted by atomic mass is 35.5. The molecule has 0 N–H and O–H groups in total. The van der Waals surface area contributed by atoms with Crippen LogP contribution in [0.1, 0.15) is 10.4 Å². The van der Waals surface area contributed by atoms with Gasteiger partial charge in [0, 0.05) is 18.5 Å². The van der Waals surface area contributed by atoms with Crippen molar-refractivity contribution in [1.82, 2.24) is 9.97 Å². The minimum atomic E-state index is -0.403. The van der Waals surface area contributed by atoms with E-state index in [-0.39, 0.29) is 5.28 Å². The molecule has 1 saturated heterocycles. The Balaban J connectivity index is 2.10. The average molecular weight is 308 g/mol. The lowest BCUT2D eigenvalue weighted by atomic mass is 10.1. The van der Waals surface area contributed by atoms with Crippen LogP contribution in [0.2, 0.25) is 5.28 Å². The maximum absolute atomic E-state index is 11.6. The van der Waals surface area contributed by atoms with Crippen molar-refractivity contribution in [3.05, 3.63) is 29.0 Å². The number of halogens is 1. The third-order valence-electron chi connectivity index (χ3n) is 3.38. The number of benzene rings is 1. The highest BCUT2D eigenvalue weighted by Gasteiger charge is 2.18. The molecule has 0 atom stereocenters. The molecule has 0 saturated carbocycles. The van der Waals surface area contributed by atoms with Crippen molar-refractivity contribution >= 4 is 34.3 Å². The number of hydrogen-bond acceptors (Lipinski definition) is 6. The Labute approximate surface area is 126 Å². The molecule has 2 aromatic rings. The zero-order chi connectivity index (χ0) is 14.8. The normalized spacial score (nSPS) is 15.2. The Morgan fingerprint density at radius 1 is 1.33 bits per heavy atom. The fourth-order valence-corrected chi connectivity index (χ4v) is 2.52. The smallest absolute Gasteiger partial charge is 0.337 e. The summed E-state index contributed by atoms with van der Waals surface area (Å²) in [6.07, 6.45) is 0. The van der Waals surface area contributed by atoms with E-state index in [9.17, 15) is 4.79 Å². The molecule has 0 amide bonds. The number of morpholine rings is 1. The lowest BCUT2D eigenvalue weighted by Gasteiger charge is -2.28. The van der Waals surface area contributed by atoms with Gasteiger partial charge in [-0.2, -0.15) is 4.98 Å². The predicted octanol–water partition coefficient (Wildman–Crippen LogP) is 1.91. The quantitative estimate of drug-likeness (QED) is 0.624. The molecule has 0 spiro atoms. The monoisotopic (exact) mass is 307 g/mol. The molecule has 1 aliphatic rings. The van der Waals surface area contributed by atoms with E-state index in [1.807, 2.05) is 6.07 Å². The number of esters is 1. The molecule has 0 bridgehead atoms. The van der Waals surface area contributed by atoms with Crippen molar-refractivity contribution in [1.29, 1.82) is 0 Å². The van der Waals surface area contributed by atoms with Crippen molar-refractivity contribution in [3.63, 3.8) is 0 Å². The van der Waals surface area contributed by atoms with Crippen LogP contribution in [-0.2, 0) is 9.47 Å². The van der Waals surface area contributed by atoms with Crippen molar-refractivity contribution in [2.45, 2.75) is 0 Å². The van der Waals surface area contributed by atoms with Gasteiger partial charge >= 0.3 is 5.97 Å². The first-order valence-electron chi connectivity index (χ1n) is 6.57. The Kier molecular flexibility index (Phi) is 3.90. The van der Waals surface area contributed by atoms with Gasteiger partial charge in [-0.25, -0.2) is 9.78 Å². The number of methoxy groups -OCH3 is 1. The Morgan fingerprint density at radius 2 is 2.10 bits per heavy atom. The first-order chi connectivity index (χ1) is 10.2. The van der Waals surface area contributed by atoms with Gasteiger partial charge in [-0.3, -0.25) is 0 Å². The van der Waals surface area contributed by atoms with Gasteiger partial charge in [0.25, 0.3) is 0 Å². The third-order valence-corrected chi connectivity index (χ3v) is 3.55. The Bertz CT molecular complexity index is 686. The maximum Gasteiger partial charge on any atom is 0.337 e. The largest absolute Gasteiger partial charge is 0.465 e. The van der Waals surface area contributed by atoms with Gasteiger partial charge in [-0.1, -0.05) is 0 Å². The number of carbonyl (C=O) groups is 1. The van der Waals surface area contributed by atoms with E-state index in [2.05, 4.69) is 14.9 Å². The highest BCUT2D eigenvalue weighted by molar-refractivity contribution is 6.28. The number of hydrogen-bond donors (Lipinski definition) is 0. The van der Waals surface area contributed by atoms with Crippen LogP contribution >= 0.6 is 11.6 Å². The van der Waals surface area contributed by atoms with E-state index >= 15 is 0 Å². The summed E-state index contributed by atoms with van der Waals surface area (Å²) in [6.45, 7) is 2.81. The van der Waals surface area contributed by atoms with Crippen LogP contribution in [0, 0.1) is 0 Å². The number of rotatable bonds is 2. The number of aromatic nitrogens is 2. The molecule has 1 aromatic heterocycles. The lowest BCUT2D eigenvalue weighted by Crippen LogP contribution is -2.37. The summed E-state index contributed by atoms with van der Waals surface area (Å²) in [5.74, 6) is 0.365. The Morgan fingerprint density at radius 3 is 2.81 bits per heavy atom. The van der Waals surface area contributed by atoms with E-state index in [0.717, 1.165) is 24.3 Å². The van der Waals surface area contributed by atoms with E-state index in [4.69, 9.17) is 21.1 Å². The summed E-state index contributed by atoms with van der Waals surface area (Å²) in [4.78, 5) is 22.2. The molecule has 110 valence electrons. The van der Waals surface area contributed by atoms with Gasteiger partial charge in [0.1, 0.15) is 5.82 Å². The topological polar surface area (TPSA) is 64.5 Å². The molecule has 2 heterocycles.